The molecule has 2 aromatic carbocycles. The van der Waals surface area contributed by atoms with Crippen molar-refractivity contribution in [2.24, 2.45) is 0 Å². The van der Waals surface area contributed by atoms with E-state index in [1.54, 1.807) is 25.1 Å². The zero-order valence-electron chi connectivity index (χ0n) is 11.6. The van der Waals surface area contributed by atoms with Crippen LogP contribution in [0.5, 0.6) is 5.75 Å². The van der Waals surface area contributed by atoms with E-state index in [1.165, 1.54) is 0 Å². The minimum absolute atomic E-state index is 0.121. The molecule has 0 atom stereocenters. The van der Waals surface area contributed by atoms with Gasteiger partial charge >= 0.3 is 5.63 Å². The predicted molar refractivity (Wildman–Crippen MR) is 88.8 cm³/mol. The van der Waals surface area contributed by atoms with Crippen LogP contribution in [0.1, 0.15) is 18.1 Å². The second-order valence-corrected chi connectivity index (χ2v) is 5.75. The Morgan fingerprint density at radius 2 is 1.95 bits per heavy atom. The van der Waals surface area contributed by atoms with Gasteiger partial charge in [0, 0.05) is 20.8 Å². The molecule has 106 valence electrons. The highest BCUT2D eigenvalue weighted by atomic mass is 79.9. The van der Waals surface area contributed by atoms with Crippen LogP contribution in [0, 0.1) is 6.92 Å². The van der Waals surface area contributed by atoms with Gasteiger partial charge in [0.05, 0.1) is 5.39 Å². The number of halogens is 1. The van der Waals surface area contributed by atoms with Crippen LogP contribution in [0.2, 0.25) is 0 Å². The monoisotopic (exact) mass is 344 g/mol. The van der Waals surface area contributed by atoms with E-state index < -0.39 is 5.63 Å². The molecule has 0 aliphatic carbocycles. The molecular formula is C17H13BrO3. The SMILES string of the molecule is C/C=C/c1cc2c(cc1Br)c(=O)oc1c(C)c(O)ccc12. The van der Waals surface area contributed by atoms with Crippen molar-refractivity contribution in [2.45, 2.75) is 13.8 Å². The molecule has 0 amide bonds. The molecule has 0 bridgehead atoms. The quantitative estimate of drug-likeness (QED) is 0.511. The standard InChI is InChI=1S/C17H13BrO3/c1-3-4-10-7-12-11-5-6-15(19)9(2)16(11)21-17(20)13(12)8-14(10)18/h3-8,19H,1-2H3/b4-3+. The van der Waals surface area contributed by atoms with Gasteiger partial charge in [0.1, 0.15) is 11.3 Å². The van der Waals surface area contributed by atoms with Gasteiger partial charge in [-0.15, -0.1) is 0 Å². The normalized spacial score (nSPS) is 11.8. The fraction of sp³-hybridized carbons (Fsp3) is 0.118. The Morgan fingerprint density at radius 3 is 2.67 bits per heavy atom. The summed E-state index contributed by atoms with van der Waals surface area (Å²) in [7, 11) is 0. The molecule has 1 N–H and O–H groups in total. The second-order valence-electron chi connectivity index (χ2n) is 4.90. The van der Waals surface area contributed by atoms with Crippen molar-refractivity contribution in [2.75, 3.05) is 0 Å². The molecule has 0 radical (unpaired) electrons. The highest BCUT2D eigenvalue weighted by molar-refractivity contribution is 9.10. The molecule has 21 heavy (non-hydrogen) atoms. The van der Waals surface area contributed by atoms with Crippen molar-refractivity contribution in [3.05, 3.63) is 56.4 Å². The van der Waals surface area contributed by atoms with E-state index in [-0.39, 0.29) is 5.75 Å². The predicted octanol–water partition coefficient (Wildman–Crippen LogP) is 4.76. The fourth-order valence-electron chi connectivity index (χ4n) is 2.46. The number of aryl methyl sites for hydroxylation is 1. The van der Waals surface area contributed by atoms with Crippen molar-refractivity contribution >= 4 is 43.7 Å². The highest BCUT2D eigenvalue weighted by Gasteiger charge is 2.13. The van der Waals surface area contributed by atoms with Gasteiger partial charge in [-0.1, -0.05) is 28.1 Å². The molecule has 3 nitrogen and oxygen atoms in total. The van der Waals surface area contributed by atoms with Crippen LogP contribution in [0.25, 0.3) is 27.8 Å². The number of allylic oxidation sites excluding steroid dienone is 1. The molecule has 0 aliphatic heterocycles. The Kier molecular flexibility index (Phi) is 3.33. The maximum atomic E-state index is 12.2. The number of rotatable bonds is 1. The topological polar surface area (TPSA) is 50.4 Å². The number of hydrogen-bond donors (Lipinski definition) is 1. The van der Waals surface area contributed by atoms with Crippen LogP contribution in [0.4, 0.5) is 0 Å². The number of benzene rings is 2. The second kappa shape index (κ2) is 5.04. The Balaban J connectivity index is 2.56. The number of phenolic OH excluding ortho intramolecular Hbond substituents is 1. The van der Waals surface area contributed by atoms with Crippen molar-refractivity contribution in [3.8, 4) is 5.75 Å². The van der Waals surface area contributed by atoms with E-state index in [0.717, 1.165) is 20.8 Å². The maximum Gasteiger partial charge on any atom is 0.344 e. The Morgan fingerprint density at radius 1 is 1.19 bits per heavy atom. The molecule has 0 unspecified atom stereocenters. The van der Waals surface area contributed by atoms with Crippen LogP contribution < -0.4 is 5.63 Å². The zero-order valence-corrected chi connectivity index (χ0v) is 13.2. The first-order chi connectivity index (χ1) is 10.0. The summed E-state index contributed by atoms with van der Waals surface area (Å²) < 4.78 is 6.23. The van der Waals surface area contributed by atoms with Crippen molar-refractivity contribution < 1.29 is 9.52 Å². The van der Waals surface area contributed by atoms with Crippen LogP contribution in [0.3, 0.4) is 0 Å². The first-order valence-electron chi connectivity index (χ1n) is 6.54. The van der Waals surface area contributed by atoms with Crippen LogP contribution in [-0.2, 0) is 0 Å². The molecule has 0 spiro atoms. The average molecular weight is 345 g/mol. The van der Waals surface area contributed by atoms with Crippen molar-refractivity contribution in [1.82, 2.24) is 0 Å². The summed E-state index contributed by atoms with van der Waals surface area (Å²) in [4.78, 5) is 12.2. The van der Waals surface area contributed by atoms with E-state index in [9.17, 15) is 9.90 Å². The van der Waals surface area contributed by atoms with E-state index in [1.807, 2.05) is 25.1 Å². The smallest absolute Gasteiger partial charge is 0.344 e. The van der Waals surface area contributed by atoms with Gasteiger partial charge in [0.25, 0.3) is 0 Å². The summed E-state index contributed by atoms with van der Waals surface area (Å²) in [5.41, 5.74) is 1.59. The van der Waals surface area contributed by atoms with Crippen LogP contribution >= 0.6 is 15.9 Å². The maximum absolute atomic E-state index is 12.2. The molecule has 0 aliphatic rings. The first kappa shape index (κ1) is 13.9. The van der Waals surface area contributed by atoms with E-state index in [0.29, 0.717) is 16.5 Å². The van der Waals surface area contributed by atoms with Gasteiger partial charge < -0.3 is 9.52 Å². The van der Waals surface area contributed by atoms with Gasteiger partial charge in [-0.25, -0.2) is 4.79 Å². The summed E-state index contributed by atoms with van der Waals surface area (Å²) in [5.74, 6) is 0.121. The number of hydrogen-bond acceptors (Lipinski definition) is 3. The average Bonchev–Trinajstić information content (AvgIpc) is 2.45. The highest BCUT2D eigenvalue weighted by Crippen LogP contribution is 2.32. The summed E-state index contributed by atoms with van der Waals surface area (Å²) >= 11 is 3.47. The summed E-state index contributed by atoms with van der Waals surface area (Å²) in [6.07, 6.45) is 3.91. The summed E-state index contributed by atoms with van der Waals surface area (Å²) in [6.45, 7) is 3.68. The van der Waals surface area contributed by atoms with Gasteiger partial charge in [0.2, 0.25) is 0 Å². The molecular weight excluding hydrogens is 332 g/mol. The van der Waals surface area contributed by atoms with Crippen molar-refractivity contribution in [1.29, 1.82) is 0 Å². The molecule has 3 aromatic rings. The lowest BCUT2D eigenvalue weighted by molar-refractivity contribution is 0.468. The lowest BCUT2D eigenvalue weighted by Crippen LogP contribution is -2.01. The molecule has 0 saturated carbocycles. The molecule has 4 heteroatoms. The van der Waals surface area contributed by atoms with Crippen molar-refractivity contribution in [3.63, 3.8) is 0 Å². The Labute approximate surface area is 129 Å². The van der Waals surface area contributed by atoms with Gasteiger partial charge in [-0.2, -0.15) is 0 Å². The lowest BCUT2D eigenvalue weighted by atomic mass is 10.0. The number of phenols is 1. The molecule has 0 saturated heterocycles. The van der Waals surface area contributed by atoms with Crippen LogP contribution in [-0.4, -0.2) is 5.11 Å². The fourth-order valence-corrected chi connectivity index (χ4v) is 2.94. The molecule has 1 aromatic heterocycles. The van der Waals surface area contributed by atoms with Crippen LogP contribution in [0.15, 0.2) is 44.0 Å². The number of aromatic hydroxyl groups is 1. The Hall–Kier alpha value is -2.07. The van der Waals surface area contributed by atoms with E-state index in [4.69, 9.17) is 4.42 Å². The van der Waals surface area contributed by atoms with Gasteiger partial charge in [-0.05, 0) is 43.7 Å². The van der Waals surface area contributed by atoms with Gasteiger partial charge in [-0.3, -0.25) is 0 Å². The minimum atomic E-state index is -0.404. The Bertz CT molecular complexity index is 952. The molecule has 3 rings (SSSR count). The zero-order chi connectivity index (χ0) is 15.1. The summed E-state index contributed by atoms with van der Waals surface area (Å²) in [5, 5.41) is 11.9. The molecule has 1 heterocycles. The van der Waals surface area contributed by atoms with E-state index in [2.05, 4.69) is 15.9 Å². The lowest BCUT2D eigenvalue weighted by Gasteiger charge is -2.08. The summed E-state index contributed by atoms with van der Waals surface area (Å²) in [6, 6.07) is 7.12. The third-order valence-electron chi connectivity index (χ3n) is 3.57. The first-order valence-corrected chi connectivity index (χ1v) is 7.33. The third-order valence-corrected chi connectivity index (χ3v) is 4.25. The third kappa shape index (κ3) is 2.16. The number of fused-ring (bicyclic) bond motifs is 3. The van der Waals surface area contributed by atoms with Gasteiger partial charge in [0.15, 0.2) is 0 Å². The van der Waals surface area contributed by atoms with E-state index >= 15 is 0 Å². The minimum Gasteiger partial charge on any atom is -0.508 e. The largest absolute Gasteiger partial charge is 0.508 e. The molecule has 0 fully saturated rings.